The van der Waals surface area contributed by atoms with E-state index in [1.54, 1.807) is 30.3 Å². The van der Waals surface area contributed by atoms with Crippen LogP contribution in [0.15, 0.2) is 60.8 Å². The molecule has 0 aliphatic carbocycles. The van der Waals surface area contributed by atoms with Crippen LogP contribution in [0.1, 0.15) is 55.5 Å². The highest BCUT2D eigenvalue weighted by Crippen LogP contribution is 2.23. The fourth-order valence-electron chi connectivity index (χ4n) is 3.49. The maximum Gasteiger partial charge on any atom is 0.173 e. The predicted molar refractivity (Wildman–Crippen MR) is 125 cm³/mol. The smallest absolute Gasteiger partial charge is 0.173 e. The number of aryl methyl sites for hydroxylation is 2. The molecular weight excluding hydrogens is 405 g/mol. The average molecular weight is 436 g/mol. The van der Waals surface area contributed by atoms with Crippen molar-refractivity contribution in [1.82, 2.24) is 24.3 Å². The number of methoxy groups -OCH3 is 1. The van der Waals surface area contributed by atoms with Gasteiger partial charge in [0.25, 0.3) is 0 Å². The van der Waals surface area contributed by atoms with Crippen molar-refractivity contribution in [3.8, 4) is 0 Å². The molecule has 0 spiro atoms. The second kappa shape index (κ2) is 10.7. The Bertz CT molecular complexity index is 1120. The topological polar surface area (TPSA) is 57.8 Å². The fraction of sp³-hybridized carbons (Fsp3) is 0.320. The van der Waals surface area contributed by atoms with Crippen molar-refractivity contribution in [2.75, 3.05) is 7.11 Å². The molecule has 1 unspecified atom stereocenters. The number of nitrogens with zero attached hydrogens (tertiary/aromatic N) is 5. The lowest BCUT2D eigenvalue weighted by Gasteiger charge is -2.11. The molecule has 0 bridgehead atoms. The van der Waals surface area contributed by atoms with Gasteiger partial charge in [-0.05, 0) is 49.6 Å². The van der Waals surface area contributed by atoms with E-state index in [0.717, 1.165) is 35.0 Å². The largest absolute Gasteiger partial charge is 0.495 e. The Kier molecular flexibility index (Phi) is 7.76. The fourth-order valence-corrected chi connectivity index (χ4v) is 3.49. The highest BCUT2D eigenvalue weighted by atomic mass is 19.1. The van der Waals surface area contributed by atoms with Gasteiger partial charge in [0.2, 0.25) is 0 Å². The predicted octanol–water partition coefficient (Wildman–Crippen LogP) is 5.50. The van der Waals surface area contributed by atoms with Gasteiger partial charge < -0.3 is 9.30 Å². The first-order valence-corrected chi connectivity index (χ1v) is 10.7. The van der Waals surface area contributed by atoms with Gasteiger partial charge in [0.05, 0.1) is 24.8 Å². The number of ether oxygens (including phenoxy) is 1. The summed E-state index contributed by atoms with van der Waals surface area (Å²) >= 11 is 0. The molecule has 3 aromatic rings. The molecular formula is C25H30FN5O. The number of hydrogen-bond donors (Lipinski definition) is 0. The first-order chi connectivity index (χ1) is 15.4. The maximum atomic E-state index is 13.2. The van der Waals surface area contributed by atoms with Gasteiger partial charge in [0.1, 0.15) is 17.4 Å². The second-order valence-corrected chi connectivity index (χ2v) is 7.56. The third-order valence-corrected chi connectivity index (χ3v) is 5.14. The Balaban J connectivity index is 1.72. The number of aromatic nitrogens is 5. The van der Waals surface area contributed by atoms with Crippen molar-refractivity contribution >= 4 is 11.8 Å². The Morgan fingerprint density at radius 1 is 1.22 bits per heavy atom. The first kappa shape index (κ1) is 23.2. The number of hydrogen-bond acceptors (Lipinski definition) is 4. The third kappa shape index (κ3) is 5.60. The number of imidazole rings is 1. The van der Waals surface area contributed by atoms with E-state index in [2.05, 4.69) is 28.1 Å². The number of rotatable bonds is 9. The Labute approximate surface area is 188 Å². The van der Waals surface area contributed by atoms with Gasteiger partial charge in [-0.15, -0.1) is 0 Å². The van der Waals surface area contributed by atoms with E-state index < -0.39 is 0 Å². The summed E-state index contributed by atoms with van der Waals surface area (Å²) in [6.45, 7) is 6.09. The quantitative estimate of drug-likeness (QED) is 0.329. The van der Waals surface area contributed by atoms with Crippen LogP contribution >= 0.6 is 0 Å². The number of halogens is 1. The summed E-state index contributed by atoms with van der Waals surface area (Å²) in [4.78, 5) is 8.97. The van der Waals surface area contributed by atoms with Crippen LogP contribution in [0.2, 0.25) is 0 Å². The molecule has 0 aliphatic rings. The zero-order chi connectivity index (χ0) is 23.1. The van der Waals surface area contributed by atoms with Crippen molar-refractivity contribution in [1.29, 1.82) is 0 Å². The highest BCUT2D eigenvalue weighted by Gasteiger charge is 2.15. The van der Waals surface area contributed by atoms with Gasteiger partial charge >= 0.3 is 0 Å². The molecule has 0 saturated heterocycles. The van der Waals surface area contributed by atoms with Gasteiger partial charge in [0, 0.05) is 19.2 Å². The standard InChI is InChI=1S/C25H30FN5O/c1-6-9-22(31-16-18(2)27-17-31)23(32-5)10-7-8-11-24-28-25(30(4)29-24)19(3)20-12-14-21(26)15-13-20/h8-17,19H,6-7H2,1-5H3/b11-8+,22-9+,23-10+. The monoisotopic (exact) mass is 435 g/mol. The lowest BCUT2D eigenvalue weighted by molar-refractivity contribution is 0.306. The molecule has 1 aromatic carbocycles. The van der Waals surface area contributed by atoms with Gasteiger partial charge in [-0.3, -0.25) is 4.68 Å². The van der Waals surface area contributed by atoms with E-state index in [4.69, 9.17) is 4.74 Å². The average Bonchev–Trinajstić information content (AvgIpc) is 3.38. The molecule has 0 saturated carbocycles. The summed E-state index contributed by atoms with van der Waals surface area (Å²) in [7, 11) is 3.55. The normalized spacial score (nSPS) is 13.7. The lowest BCUT2D eigenvalue weighted by Crippen LogP contribution is -2.05. The summed E-state index contributed by atoms with van der Waals surface area (Å²) in [5.74, 6) is 2.02. The summed E-state index contributed by atoms with van der Waals surface area (Å²) in [5, 5.41) is 4.50. The van der Waals surface area contributed by atoms with Crippen molar-refractivity contribution in [2.24, 2.45) is 7.05 Å². The summed E-state index contributed by atoms with van der Waals surface area (Å²) in [6.07, 6.45) is 13.4. The van der Waals surface area contributed by atoms with Crippen LogP contribution in [0.3, 0.4) is 0 Å². The van der Waals surface area contributed by atoms with E-state index in [1.165, 1.54) is 12.1 Å². The van der Waals surface area contributed by atoms with Crippen LogP contribution in [0.4, 0.5) is 4.39 Å². The van der Waals surface area contributed by atoms with Crippen LogP contribution < -0.4 is 0 Å². The van der Waals surface area contributed by atoms with E-state index in [0.29, 0.717) is 12.2 Å². The van der Waals surface area contributed by atoms with Crippen molar-refractivity contribution in [3.05, 3.63) is 89.5 Å². The molecule has 0 aliphatic heterocycles. The Morgan fingerprint density at radius 2 is 1.97 bits per heavy atom. The first-order valence-electron chi connectivity index (χ1n) is 10.7. The SMILES string of the molecule is CC/C=C(\C(=C/C/C=C/c1nc(C(C)c2ccc(F)cc2)n(C)n1)OC)n1cnc(C)c1. The van der Waals surface area contributed by atoms with Crippen molar-refractivity contribution < 1.29 is 9.13 Å². The Morgan fingerprint density at radius 3 is 2.59 bits per heavy atom. The molecule has 0 amide bonds. The molecule has 32 heavy (non-hydrogen) atoms. The van der Waals surface area contributed by atoms with Gasteiger partial charge in [-0.25, -0.2) is 14.4 Å². The van der Waals surface area contributed by atoms with Crippen molar-refractivity contribution in [3.63, 3.8) is 0 Å². The number of benzene rings is 1. The van der Waals surface area contributed by atoms with Gasteiger partial charge in [-0.2, -0.15) is 5.10 Å². The van der Waals surface area contributed by atoms with Crippen LogP contribution in [0.5, 0.6) is 0 Å². The molecule has 168 valence electrons. The molecule has 3 rings (SSSR count). The summed E-state index contributed by atoms with van der Waals surface area (Å²) in [6, 6.07) is 6.50. The lowest BCUT2D eigenvalue weighted by atomic mass is 10.0. The molecule has 7 heteroatoms. The zero-order valence-electron chi connectivity index (χ0n) is 19.3. The summed E-state index contributed by atoms with van der Waals surface area (Å²) in [5.41, 5.74) is 2.92. The van der Waals surface area contributed by atoms with E-state index in [9.17, 15) is 4.39 Å². The van der Waals surface area contributed by atoms with Crippen molar-refractivity contribution in [2.45, 2.75) is 39.5 Å². The molecule has 0 radical (unpaired) electrons. The van der Waals surface area contributed by atoms with Crippen LogP contribution in [-0.4, -0.2) is 31.4 Å². The van der Waals surface area contributed by atoms with Crippen LogP contribution in [0, 0.1) is 12.7 Å². The molecule has 2 heterocycles. The minimum Gasteiger partial charge on any atom is -0.495 e. The number of allylic oxidation sites excluding steroid dienone is 4. The van der Waals surface area contributed by atoms with E-state index in [-0.39, 0.29) is 11.7 Å². The van der Waals surface area contributed by atoms with Gasteiger partial charge in [0.15, 0.2) is 5.82 Å². The van der Waals surface area contributed by atoms with Crippen LogP contribution in [-0.2, 0) is 11.8 Å². The van der Waals surface area contributed by atoms with E-state index >= 15 is 0 Å². The van der Waals surface area contributed by atoms with E-state index in [1.807, 2.05) is 49.9 Å². The molecule has 1 atom stereocenters. The molecule has 0 fully saturated rings. The highest BCUT2D eigenvalue weighted by molar-refractivity contribution is 5.61. The molecule has 6 nitrogen and oxygen atoms in total. The molecule has 0 N–H and O–H groups in total. The Hall–Kier alpha value is -3.48. The minimum atomic E-state index is -0.244. The zero-order valence-corrected chi connectivity index (χ0v) is 19.3. The minimum absolute atomic E-state index is 0.00983. The summed E-state index contributed by atoms with van der Waals surface area (Å²) < 4.78 is 22.6. The maximum absolute atomic E-state index is 13.2. The molecule has 2 aromatic heterocycles. The second-order valence-electron chi connectivity index (χ2n) is 7.56. The van der Waals surface area contributed by atoms with Gasteiger partial charge in [-0.1, -0.05) is 38.1 Å². The van der Waals surface area contributed by atoms with Crippen LogP contribution in [0.25, 0.3) is 11.8 Å². The third-order valence-electron chi connectivity index (χ3n) is 5.14.